The van der Waals surface area contributed by atoms with Crippen molar-refractivity contribution < 1.29 is 0 Å². The summed E-state index contributed by atoms with van der Waals surface area (Å²) in [4.78, 5) is 1.50. The third kappa shape index (κ3) is 1.36. The van der Waals surface area contributed by atoms with Gasteiger partial charge in [-0.2, -0.15) is 0 Å². The molecule has 0 N–H and O–H groups in total. The van der Waals surface area contributed by atoms with E-state index in [9.17, 15) is 0 Å². The van der Waals surface area contributed by atoms with Crippen LogP contribution in [0.4, 0.5) is 0 Å². The molecule has 1 rings (SSSR count). The summed E-state index contributed by atoms with van der Waals surface area (Å²) >= 11 is 10.5. The molecule has 0 nitrogen and oxygen atoms in total. The highest BCUT2D eigenvalue weighted by Gasteiger charge is 2.24. The van der Waals surface area contributed by atoms with Crippen LogP contribution < -0.4 is 0 Å². The van der Waals surface area contributed by atoms with Gasteiger partial charge in [-0.3, -0.25) is 0 Å². The van der Waals surface area contributed by atoms with E-state index < -0.39 is 0 Å². The molecule has 1 aliphatic rings. The van der Waals surface area contributed by atoms with Crippen molar-refractivity contribution >= 4 is 47.8 Å². The van der Waals surface area contributed by atoms with Gasteiger partial charge < -0.3 is 0 Å². The van der Waals surface area contributed by atoms with Gasteiger partial charge in [-0.25, -0.2) is 0 Å². The molecule has 3 heteroatoms. The molecule has 2 atom stereocenters. The zero-order valence-corrected chi connectivity index (χ0v) is 8.78. The summed E-state index contributed by atoms with van der Waals surface area (Å²) in [5, 5.41) is 0. The van der Waals surface area contributed by atoms with Crippen molar-refractivity contribution in [3.63, 3.8) is 0 Å². The van der Waals surface area contributed by atoms with Gasteiger partial charge >= 0.3 is 0 Å². The van der Waals surface area contributed by atoms with Crippen LogP contribution in [0, 0.1) is 0 Å². The second kappa shape index (κ2) is 2.84. The lowest BCUT2D eigenvalue weighted by Crippen LogP contribution is -2.13. The van der Waals surface area contributed by atoms with Gasteiger partial charge in [0.15, 0.2) is 0 Å². The molecule has 0 bridgehead atoms. The van der Waals surface area contributed by atoms with Crippen LogP contribution in [0.1, 0.15) is 0 Å². The second-order valence-corrected chi connectivity index (χ2v) is 4.89. The predicted molar refractivity (Wildman–Crippen MR) is 47.3 cm³/mol. The predicted octanol–water partition coefficient (Wildman–Crippen LogP) is 2.85. The van der Waals surface area contributed by atoms with Gasteiger partial charge in [0, 0.05) is 14.5 Å². The van der Waals surface area contributed by atoms with Crippen LogP contribution in [0.25, 0.3) is 0 Å². The van der Waals surface area contributed by atoms with E-state index in [1.165, 1.54) is 0 Å². The first-order valence-corrected chi connectivity index (χ1v) is 5.07. The highest BCUT2D eigenvalue weighted by molar-refractivity contribution is 9.13. The van der Waals surface area contributed by atoms with Crippen LogP contribution in [0.3, 0.4) is 0 Å². The van der Waals surface area contributed by atoms with Gasteiger partial charge in [-0.05, 0) is 0 Å². The average molecular weight is 305 g/mol. The highest BCUT2D eigenvalue weighted by Crippen LogP contribution is 2.30. The Kier molecular flexibility index (Phi) is 2.59. The molecule has 0 saturated heterocycles. The topological polar surface area (TPSA) is 0 Å². The fourth-order valence-corrected chi connectivity index (χ4v) is 2.37. The molecule has 0 spiro atoms. The Morgan fingerprint density at radius 3 is 1.38 bits per heavy atom. The molecule has 0 aromatic carbocycles. The smallest absolute Gasteiger partial charge is 0.0466 e. The molecule has 0 aromatic rings. The van der Waals surface area contributed by atoms with E-state index in [1.807, 2.05) is 0 Å². The fourth-order valence-electron chi connectivity index (χ4n) is 0.600. The van der Waals surface area contributed by atoms with E-state index in [-0.39, 0.29) is 0 Å². The maximum Gasteiger partial charge on any atom is 0.0466 e. The molecule has 0 amide bonds. The molecular weight excluding hydrogens is 300 g/mol. The van der Waals surface area contributed by atoms with Gasteiger partial charge in [-0.1, -0.05) is 59.9 Å². The Hall–Kier alpha value is 1.18. The van der Waals surface area contributed by atoms with Gasteiger partial charge in [0.1, 0.15) is 0 Å². The van der Waals surface area contributed by atoms with E-state index in [1.54, 1.807) is 0 Å². The van der Waals surface area contributed by atoms with Crippen molar-refractivity contribution in [1.82, 2.24) is 0 Å². The van der Waals surface area contributed by atoms with Gasteiger partial charge in [0.2, 0.25) is 0 Å². The van der Waals surface area contributed by atoms with E-state index in [2.05, 4.69) is 59.9 Å². The summed E-state index contributed by atoms with van der Waals surface area (Å²) in [5.74, 6) is 0. The Morgan fingerprint density at radius 2 is 1.25 bits per heavy atom. The molecule has 0 radical (unpaired) electrons. The number of hydrogen-bond acceptors (Lipinski definition) is 0. The standard InChI is InChI=1S/C5H5Br3/c6-3-1-2-4(7)5(3)8/h1-5H. The number of allylic oxidation sites excluding steroid dienone is 2. The van der Waals surface area contributed by atoms with E-state index >= 15 is 0 Å². The first-order valence-electron chi connectivity index (χ1n) is 2.32. The summed E-state index contributed by atoms with van der Waals surface area (Å²) in [6, 6.07) is 0. The van der Waals surface area contributed by atoms with Crippen molar-refractivity contribution in [2.45, 2.75) is 14.5 Å². The molecule has 0 heterocycles. The van der Waals surface area contributed by atoms with Crippen molar-refractivity contribution in [2.75, 3.05) is 0 Å². The van der Waals surface area contributed by atoms with Crippen LogP contribution in [-0.4, -0.2) is 14.5 Å². The lowest BCUT2D eigenvalue weighted by Gasteiger charge is -2.07. The summed E-state index contributed by atoms with van der Waals surface area (Å²) in [5.41, 5.74) is 0. The lowest BCUT2D eigenvalue weighted by molar-refractivity contribution is 1.03. The molecule has 0 fully saturated rings. The molecule has 2 unspecified atom stereocenters. The van der Waals surface area contributed by atoms with E-state index in [0.29, 0.717) is 14.5 Å². The maximum atomic E-state index is 3.51. The Labute approximate surface area is 74.1 Å². The molecule has 0 aromatic heterocycles. The molecule has 46 valence electrons. The highest BCUT2D eigenvalue weighted by atomic mass is 79.9. The van der Waals surface area contributed by atoms with Crippen LogP contribution in [0.2, 0.25) is 0 Å². The summed E-state index contributed by atoms with van der Waals surface area (Å²) in [6.07, 6.45) is 4.28. The van der Waals surface area contributed by atoms with Crippen LogP contribution in [0.15, 0.2) is 12.2 Å². The second-order valence-electron chi connectivity index (χ2n) is 1.72. The largest absolute Gasteiger partial charge is 0.0859 e. The monoisotopic (exact) mass is 302 g/mol. The molecule has 8 heavy (non-hydrogen) atoms. The third-order valence-electron chi connectivity index (χ3n) is 1.09. The maximum absolute atomic E-state index is 3.51. The summed E-state index contributed by atoms with van der Waals surface area (Å²) in [7, 11) is 0. The van der Waals surface area contributed by atoms with Crippen LogP contribution >= 0.6 is 47.8 Å². The Bertz CT molecular complexity index is 98.2. The number of hydrogen-bond donors (Lipinski definition) is 0. The zero-order valence-electron chi connectivity index (χ0n) is 4.02. The van der Waals surface area contributed by atoms with Gasteiger partial charge in [-0.15, -0.1) is 0 Å². The molecule has 0 saturated carbocycles. The first-order chi connectivity index (χ1) is 3.72. The zero-order chi connectivity index (χ0) is 6.15. The number of halogens is 3. The van der Waals surface area contributed by atoms with Crippen molar-refractivity contribution in [1.29, 1.82) is 0 Å². The SMILES string of the molecule is BrC1C=CC(Br)C1Br. The van der Waals surface area contributed by atoms with Gasteiger partial charge in [0.05, 0.1) is 0 Å². The van der Waals surface area contributed by atoms with Crippen LogP contribution in [-0.2, 0) is 0 Å². The minimum Gasteiger partial charge on any atom is -0.0859 e. The summed E-state index contributed by atoms with van der Waals surface area (Å²) in [6.45, 7) is 0. The Balaban J connectivity index is 2.55. The average Bonchev–Trinajstić information content (AvgIpc) is 1.98. The van der Waals surface area contributed by atoms with Crippen molar-refractivity contribution in [3.05, 3.63) is 12.2 Å². The minimum atomic E-state index is 0.492. The first kappa shape index (κ1) is 7.29. The minimum absolute atomic E-state index is 0.492. The van der Waals surface area contributed by atoms with Gasteiger partial charge in [0.25, 0.3) is 0 Å². The Morgan fingerprint density at radius 1 is 0.875 bits per heavy atom. The molecule has 0 aliphatic heterocycles. The molecular formula is C5H5Br3. The number of rotatable bonds is 0. The quantitative estimate of drug-likeness (QED) is 0.477. The normalized spacial score (nSPS) is 45.6. The van der Waals surface area contributed by atoms with E-state index in [0.717, 1.165) is 0 Å². The van der Waals surface area contributed by atoms with Crippen LogP contribution in [0.5, 0.6) is 0 Å². The van der Waals surface area contributed by atoms with Crippen molar-refractivity contribution in [2.24, 2.45) is 0 Å². The fraction of sp³-hybridized carbons (Fsp3) is 0.600. The third-order valence-corrected chi connectivity index (χ3v) is 5.39. The number of alkyl halides is 3. The lowest BCUT2D eigenvalue weighted by atomic mass is 10.4. The van der Waals surface area contributed by atoms with E-state index in [4.69, 9.17) is 0 Å². The summed E-state index contributed by atoms with van der Waals surface area (Å²) < 4.78 is 0. The molecule has 1 aliphatic carbocycles. The van der Waals surface area contributed by atoms with Crippen molar-refractivity contribution in [3.8, 4) is 0 Å².